The molecule has 5 heteroatoms. The van der Waals surface area contributed by atoms with Gasteiger partial charge in [0.1, 0.15) is 0 Å². The van der Waals surface area contributed by atoms with E-state index in [2.05, 4.69) is 20.7 Å². The third-order valence-corrected chi connectivity index (χ3v) is 5.53. The Morgan fingerprint density at radius 2 is 1.83 bits per heavy atom. The summed E-state index contributed by atoms with van der Waals surface area (Å²) < 4.78 is 27.9. The zero-order chi connectivity index (χ0) is 14.1. The van der Waals surface area contributed by atoms with Crippen LogP contribution in [0.25, 0.3) is 0 Å². The monoisotopic (exact) mass is 333 g/mol. The van der Waals surface area contributed by atoms with E-state index in [1.807, 2.05) is 34.6 Å². The summed E-state index contributed by atoms with van der Waals surface area (Å²) in [5.74, 6) is 0. The number of hydrogen-bond donors (Lipinski definition) is 1. The van der Waals surface area contributed by atoms with Crippen LogP contribution in [-0.2, 0) is 10.0 Å². The Bertz CT molecular complexity index is 532. The smallest absolute Gasteiger partial charge is 0.208 e. The van der Waals surface area contributed by atoms with Crippen LogP contribution in [0.1, 0.15) is 33.3 Å². The van der Waals surface area contributed by atoms with Crippen LogP contribution in [0.4, 0.5) is 0 Å². The summed E-state index contributed by atoms with van der Waals surface area (Å²) in [7, 11) is -3.49. The summed E-state index contributed by atoms with van der Waals surface area (Å²) in [4.78, 5) is 0.282. The molecule has 1 unspecified atom stereocenters. The predicted octanol–water partition coefficient (Wildman–Crippen LogP) is 3.47. The van der Waals surface area contributed by atoms with Crippen LogP contribution in [-0.4, -0.2) is 14.5 Å². The number of sulfonamides is 1. The fourth-order valence-electron chi connectivity index (χ4n) is 1.30. The summed E-state index contributed by atoms with van der Waals surface area (Å²) >= 11 is 3.30. The van der Waals surface area contributed by atoms with Crippen LogP contribution in [0.3, 0.4) is 0 Å². The molecule has 0 bridgehead atoms. The Morgan fingerprint density at radius 3 is 2.28 bits per heavy atom. The molecule has 0 heterocycles. The minimum absolute atomic E-state index is 0.121. The number of rotatable bonds is 3. The summed E-state index contributed by atoms with van der Waals surface area (Å²) in [6, 6.07) is 5.07. The van der Waals surface area contributed by atoms with Gasteiger partial charge in [0.15, 0.2) is 0 Å². The van der Waals surface area contributed by atoms with Gasteiger partial charge in [-0.05, 0) is 52.9 Å². The average Bonchev–Trinajstić information content (AvgIpc) is 2.14. The van der Waals surface area contributed by atoms with Crippen LogP contribution in [0, 0.1) is 12.3 Å². The topological polar surface area (TPSA) is 46.2 Å². The molecule has 0 saturated heterocycles. The van der Waals surface area contributed by atoms with E-state index in [1.165, 1.54) is 0 Å². The standard InChI is InChI=1S/C13H20BrNO2S/c1-9-6-7-12(11(14)8-9)18(16,17)15-10(2)13(3,4)5/h6-8,10,15H,1-5H3. The molecule has 0 aliphatic carbocycles. The van der Waals surface area contributed by atoms with Crippen molar-refractivity contribution in [3.8, 4) is 0 Å². The molecular weight excluding hydrogens is 314 g/mol. The Kier molecular flexibility index (Phi) is 4.62. The Hall–Kier alpha value is -0.390. The summed E-state index contributed by atoms with van der Waals surface area (Å²) in [6.45, 7) is 9.81. The lowest BCUT2D eigenvalue weighted by Gasteiger charge is -2.28. The van der Waals surface area contributed by atoms with Crippen LogP contribution in [0.2, 0.25) is 0 Å². The van der Waals surface area contributed by atoms with Crippen molar-refractivity contribution in [1.29, 1.82) is 0 Å². The normalized spacial score (nSPS) is 14.6. The number of nitrogens with one attached hydrogen (secondary N) is 1. The van der Waals surface area contributed by atoms with Gasteiger partial charge in [0, 0.05) is 10.5 Å². The predicted molar refractivity (Wildman–Crippen MR) is 78.1 cm³/mol. The Labute approximate surface area is 118 Å². The van der Waals surface area contributed by atoms with Crippen LogP contribution in [0.5, 0.6) is 0 Å². The summed E-state index contributed by atoms with van der Waals surface area (Å²) in [5.41, 5.74) is 0.897. The van der Waals surface area contributed by atoms with Gasteiger partial charge >= 0.3 is 0 Å². The largest absolute Gasteiger partial charge is 0.241 e. The second-order valence-corrected chi connectivity index (χ2v) is 8.18. The van der Waals surface area contributed by atoms with Crippen LogP contribution >= 0.6 is 15.9 Å². The molecule has 0 radical (unpaired) electrons. The molecule has 0 spiro atoms. The molecule has 1 atom stereocenters. The van der Waals surface area contributed by atoms with Crippen LogP contribution < -0.4 is 4.72 Å². The lowest BCUT2D eigenvalue weighted by atomic mass is 9.89. The first-order valence-electron chi connectivity index (χ1n) is 5.82. The molecule has 1 N–H and O–H groups in total. The number of benzene rings is 1. The number of halogens is 1. The molecule has 1 aromatic carbocycles. The van der Waals surface area contributed by atoms with Crippen molar-refractivity contribution in [3.05, 3.63) is 28.2 Å². The summed E-state index contributed by atoms with van der Waals surface area (Å²) in [6.07, 6.45) is 0. The van der Waals surface area contributed by atoms with Gasteiger partial charge in [-0.3, -0.25) is 0 Å². The van der Waals surface area contributed by atoms with E-state index in [0.29, 0.717) is 4.47 Å². The highest BCUT2D eigenvalue weighted by molar-refractivity contribution is 9.10. The highest BCUT2D eigenvalue weighted by Crippen LogP contribution is 2.25. The highest BCUT2D eigenvalue weighted by atomic mass is 79.9. The van der Waals surface area contributed by atoms with Gasteiger partial charge in [0.25, 0.3) is 0 Å². The number of aryl methyl sites for hydroxylation is 1. The van der Waals surface area contributed by atoms with Gasteiger partial charge < -0.3 is 0 Å². The molecular formula is C13H20BrNO2S. The third kappa shape index (κ3) is 3.80. The lowest BCUT2D eigenvalue weighted by Crippen LogP contribution is -2.41. The lowest BCUT2D eigenvalue weighted by molar-refractivity contribution is 0.317. The first-order chi connectivity index (χ1) is 8.04. The van der Waals surface area contributed by atoms with Gasteiger partial charge in [-0.2, -0.15) is 0 Å². The van der Waals surface area contributed by atoms with Crippen LogP contribution in [0.15, 0.2) is 27.6 Å². The van der Waals surface area contributed by atoms with E-state index in [0.717, 1.165) is 5.56 Å². The van der Waals surface area contributed by atoms with Gasteiger partial charge in [0.2, 0.25) is 10.0 Å². The van der Waals surface area contributed by atoms with Gasteiger partial charge in [-0.15, -0.1) is 0 Å². The molecule has 3 nitrogen and oxygen atoms in total. The van der Waals surface area contributed by atoms with Gasteiger partial charge in [-0.25, -0.2) is 13.1 Å². The van der Waals surface area contributed by atoms with E-state index in [9.17, 15) is 8.42 Å². The molecule has 102 valence electrons. The molecule has 0 amide bonds. The maximum absolute atomic E-state index is 12.3. The Balaban J connectivity index is 3.08. The van der Waals surface area contributed by atoms with Crippen molar-refractivity contribution in [3.63, 3.8) is 0 Å². The molecule has 1 rings (SSSR count). The molecule has 0 aliphatic heterocycles. The maximum Gasteiger partial charge on any atom is 0.241 e. The average molecular weight is 334 g/mol. The first kappa shape index (κ1) is 15.7. The minimum atomic E-state index is -3.49. The van der Waals surface area contributed by atoms with E-state index in [-0.39, 0.29) is 16.4 Å². The first-order valence-corrected chi connectivity index (χ1v) is 8.10. The summed E-state index contributed by atoms with van der Waals surface area (Å²) in [5, 5.41) is 0. The number of hydrogen-bond acceptors (Lipinski definition) is 2. The molecule has 0 fully saturated rings. The minimum Gasteiger partial charge on any atom is -0.208 e. The van der Waals surface area contributed by atoms with Crippen molar-refractivity contribution in [2.24, 2.45) is 5.41 Å². The SMILES string of the molecule is Cc1ccc(S(=O)(=O)NC(C)C(C)(C)C)c(Br)c1. The fraction of sp³-hybridized carbons (Fsp3) is 0.538. The second kappa shape index (κ2) is 5.31. The molecule has 1 aromatic rings. The maximum atomic E-state index is 12.3. The van der Waals surface area contributed by atoms with Crippen molar-refractivity contribution in [2.45, 2.75) is 45.6 Å². The quantitative estimate of drug-likeness (QED) is 0.920. The fourth-order valence-corrected chi connectivity index (χ4v) is 3.94. The third-order valence-electron chi connectivity index (χ3n) is 3.01. The van der Waals surface area contributed by atoms with E-state index < -0.39 is 10.0 Å². The van der Waals surface area contributed by atoms with E-state index in [4.69, 9.17) is 0 Å². The Morgan fingerprint density at radius 1 is 1.28 bits per heavy atom. The molecule has 0 aromatic heterocycles. The molecule has 0 aliphatic rings. The van der Waals surface area contributed by atoms with Gasteiger partial charge in [-0.1, -0.05) is 26.8 Å². The molecule has 0 saturated carbocycles. The van der Waals surface area contributed by atoms with Crippen molar-refractivity contribution in [1.82, 2.24) is 4.72 Å². The van der Waals surface area contributed by atoms with Crippen molar-refractivity contribution in [2.75, 3.05) is 0 Å². The zero-order valence-electron chi connectivity index (χ0n) is 11.4. The van der Waals surface area contributed by atoms with Crippen molar-refractivity contribution >= 4 is 26.0 Å². The second-order valence-electron chi connectivity index (χ2n) is 5.64. The van der Waals surface area contributed by atoms with E-state index >= 15 is 0 Å². The van der Waals surface area contributed by atoms with Gasteiger partial charge in [0.05, 0.1) is 4.90 Å². The molecule has 18 heavy (non-hydrogen) atoms. The van der Waals surface area contributed by atoms with E-state index in [1.54, 1.807) is 18.2 Å². The van der Waals surface area contributed by atoms with Crippen molar-refractivity contribution < 1.29 is 8.42 Å². The zero-order valence-corrected chi connectivity index (χ0v) is 13.8. The highest BCUT2D eigenvalue weighted by Gasteiger charge is 2.26.